The van der Waals surface area contributed by atoms with Crippen molar-refractivity contribution < 1.29 is 23.9 Å². The third kappa shape index (κ3) is 5.81. The second-order valence-electron chi connectivity index (χ2n) is 6.66. The van der Waals surface area contributed by atoms with Gasteiger partial charge in [-0.1, -0.05) is 53.0 Å². The number of rotatable bonds is 7. The highest BCUT2D eigenvalue weighted by molar-refractivity contribution is 8.18. The van der Waals surface area contributed by atoms with Crippen LogP contribution in [0, 0.1) is 6.92 Å². The zero-order valence-electron chi connectivity index (χ0n) is 16.8. The molecule has 0 saturated carbocycles. The highest BCUT2D eigenvalue weighted by Crippen LogP contribution is 2.37. The molecule has 0 N–H and O–H groups in total. The first-order valence-corrected chi connectivity index (χ1v) is 10.9. The molecule has 2 amide bonds. The number of esters is 1. The Labute approximate surface area is 194 Å². The summed E-state index contributed by atoms with van der Waals surface area (Å²) in [6.07, 6.45) is 1.50. The third-order valence-electron chi connectivity index (χ3n) is 4.29. The maximum absolute atomic E-state index is 12.5. The topological polar surface area (TPSA) is 72.9 Å². The van der Waals surface area contributed by atoms with Crippen molar-refractivity contribution in [2.45, 2.75) is 20.5 Å². The smallest absolute Gasteiger partial charge is 0.326 e. The molecule has 31 heavy (non-hydrogen) atoms. The summed E-state index contributed by atoms with van der Waals surface area (Å²) in [6, 6.07) is 11.1. The minimum atomic E-state index is -0.646. The normalized spacial score (nSPS) is 15.0. The van der Waals surface area contributed by atoms with E-state index < -0.39 is 23.7 Å². The molecule has 2 aromatic rings. The molecule has 3 rings (SSSR count). The molecule has 0 aromatic heterocycles. The predicted molar refractivity (Wildman–Crippen MR) is 121 cm³/mol. The van der Waals surface area contributed by atoms with Gasteiger partial charge in [0.05, 0.1) is 21.6 Å². The molecule has 0 aliphatic carbocycles. The van der Waals surface area contributed by atoms with Gasteiger partial charge >= 0.3 is 5.97 Å². The van der Waals surface area contributed by atoms with E-state index in [1.807, 2.05) is 31.2 Å². The van der Waals surface area contributed by atoms with E-state index in [0.717, 1.165) is 27.8 Å². The van der Waals surface area contributed by atoms with Crippen molar-refractivity contribution in [1.29, 1.82) is 0 Å². The number of ether oxygens (including phenoxy) is 2. The van der Waals surface area contributed by atoms with E-state index in [1.54, 1.807) is 19.1 Å². The van der Waals surface area contributed by atoms with Gasteiger partial charge in [0.1, 0.15) is 13.2 Å². The van der Waals surface area contributed by atoms with E-state index in [0.29, 0.717) is 17.9 Å². The van der Waals surface area contributed by atoms with E-state index in [-0.39, 0.29) is 21.6 Å². The van der Waals surface area contributed by atoms with Crippen LogP contribution >= 0.6 is 35.0 Å². The average Bonchev–Trinajstić information content (AvgIpc) is 2.96. The highest BCUT2D eigenvalue weighted by Gasteiger charge is 2.36. The molecule has 0 spiro atoms. The molecular weight excluding hydrogens is 461 g/mol. The Morgan fingerprint density at radius 2 is 1.77 bits per heavy atom. The van der Waals surface area contributed by atoms with Crippen molar-refractivity contribution in [3.63, 3.8) is 0 Å². The molecule has 2 aromatic carbocycles. The minimum Gasteiger partial charge on any atom is -0.486 e. The average molecular weight is 480 g/mol. The van der Waals surface area contributed by atoms with Gasteiger partial charge in [-0.15, -0.1) is 0 Å². The summed E-state index contributed by atoms with van der Waals surface area (Å²) < 4.78 is 10.6. The van der Waals surface area contributed by atoms with Gasteiger partial charge in [-0.2, -0.15) is 0 Å². The molecule has 0 unspecified atom stereocenters. The van der Waals surface area contributed by atoms with Gasteiger partial charge in [0.25, 0.3) is 11.1 Å². The first kappa shape index (κ1) is 23.2. The Hall–Kier alpha value is -2.48. The van der Waals surface area contributed by atoms with Gasteiger partial charge in [0.2, 0.25) is 0 Å². The molecule has 1 fully saturated rings. The van der Waals surface area contributed by atoms with E-state index in [1.165, 1.54) is 6.08 Å². The van der Waals surface area contributed by atoms with Gasteiger partial charge in [0, 0.05) is 0 Å². The molecule has 162 valence electrons. The molecule has 1 aliphatic heterocycles. The lowest BCUT2D eigenvalue weighted by Crippen LogP contribution is -2.34. The number of aryl methyl sites for hydroxylation is 1. The first-order valence-electron chi connectivity index (χ1n) is 9.37. The molecule has 0 atom stereocenters. The minimum absolute atomic E-state index is 0.162. The number of carbonyl (C=O) groups excluding carboxylic acids is 3. The fraction of sp³-hybridized carbons (Fsp3) is 0.227. The van der Waals surface area contributed by atoms with Crippen LogP contribution in [-0.4, -0.2) is 35.2 Å². The highest BCUT2D eigenvalue weighted by atomic mass is 35.5. The zero-order valence-corrected chi connectivity index (χ0v) is 19.1. The number of carbonyl (C=O) groups is 3. The van der Waals surface area contributed by atoms with Crippen molar-refractivity contribution in [3.8, 4) is 5.75 Å². The number of amides is 2. The van der Waals surface area contributed by atoms with Gasteiger partial charge in [0.15, 0.2) is 5.75 Å². The van der Waals surface area contributed by atoms with Crippen LogP contribution in [0.3, 0.4) is 0 Å². The number of halogens is 2. The Morgan fingerprint density at radius 1 is 1.13 bits per heavy atom. The lowest BCUT2D eigenvalue weighted by Gasteiger charge is -2.12. The van der Waals surface area contributed by atoms with Crippen LogP contribution in [0.1, 0.15) is 23.6 Å². The summed E-state index contributed by atoms with van der Waals surface area (Å²) in [7, 11) is 0. The molecule has 6 nitrogen and oxygen atoms in total. The van der Waals surface area contributed by atoms with Crippen LogP contribution in [0.15, 0.2) is 41.3 Å². The molecule has 0 bridgehead atoms. The van der Waals surface area contributed by atoms with E-state index in [2.05, 4.69) is 0 Å². The fourth-order valence-corrected chi connectivity index (χ4v) is 4.22. The summed E-state index contributed by atoms with van der Waals surface area (Å²) >= 11 is 13.4. The van der Waals surface area contributed by atoms with Crippen LogP contribution < -0.4 is 4.74 Å². The van der Waals surface area contributed by atoms with E-state index >= 15 is 0 Å². The largest absolute Gasteiger partial charge is 0.486 e. The number of thioether (sulfide) groups is 1. The van der Waals surface area contributed by atoms with Crippen LogP contribution in [0.25, 0.3) is 6.08 Å². The molecule has 1 saturated heterocycles. The number of nitrogens with zero attached hydrogens (tertiary/aromatic N) is 1. The summed E-state index contributed by atoms with van der Waals surface area (Å²) in [5, 5.41) is 0.00720. The van der Waals surface area contributed by atoms with Crippen molar-refractivity contribution >= 4 is 58.2 Å². The number of hydrogen-bond donors (Lipinski definition) is 0. The maximum atomic E-state index is 12.5. The molecule has 1 aliphatic rings. The quantitative estimate of drug-likeness (QED) is 0.386. The van der Waals surface area contributed by atoms with Crippen LogP contribution in [-0.2, 0) is 20.9 Å². The van der Waals surface area contributed by atoms with Gasteiger partial charge in [-0.25, -0.2) is 0 Å². The molecular formula is C22H19Cl2NO5S. The number of benzene rings is 2. The van der Waals surface area contributed by atoms with Crippen molar-refractivity contribution in [2.24, 2.45) is 0 Å². The summed E-state index contributed by atoms with van der Waals surface area (Å²) in [5.74, 6) is -0.890. The van der Waals surface area contributed by atoms with Crippen molar-refractivity contribution in [2.75, 3.05) is 13.2 Å². The second-order valence-corrected chi connectivity index (χ2v) is 8.47. The van der Waals surface area contributed by atoms with E-state index in [9.17, 15) is 14.4 Å². The van der Waals surface area contributed by atoms with Gasteiger partial charge in [-0.05, 0) is 54.9 Å². The van der Waals surface area contributed by atoms with Gasteiger partial charge < -0.3 is 9.47 Å². The Bertz CT molecular complexity index is 1030. The van der Waals surface area contributed by atoms with Gasteiger partial charge in [-0.3, -0.25) is 19.3 Å². The monoisotopic (exact) mass is 479 g/mol. The summed E-state index contributed by atoms with van der Waals surface area (Å²) in [6.45, 7) is 3.69. The van der Waals surface area contributed by atoms with Crippen molar-refractivity contribution in [1.82, 2.24) is 4.90 Å². The van der Waals surface area contributed by atoms with Crippen LogP contribution in [0.5, 0.6) is 5.75 Å². The van der Waals surface area contributed by atoms with Crippen LogP contribution in [0.2, 0.25) is 10.0 Å². The Balaban J connectivity index is 1.74. The second kappa shape index (κ2) is 10.2. The lowest BCUT2D eigenvalue weighted by atomic mass is 10.1. The molecule has 9 heteroatoms. The lowest BCUT2D eigenvalue weighted by molar-refractivity contribution is -0.145. The Morgan fingerprint density at radius 3 is 2.39 bits per heavy atom. The third-order valence-corrected chi connectivity index (χ3v) is 5.76. The number of hydrogen-bond acceptors (Lipinski definition) is 6. The Kier molecular flexibility index (Phi) is 7.64. The summed E-state index contributed by atoms with van der Waals surface area (Å²) in [4.78, 5) is 37.2. The first-order chi connectivity index (χ1) is 14.8. The van der Waals surface area contributed by atoms with E-state index in [4.69, 9.17) is 32.7 Å². The molecule has 0 radical (unpaired) electrons. The SMILES string of the molecule is CCOC(=O)CN1C(=O)S/C(=C/c2cc(Cl)c(OCc3ccc(C)cc3)c(Cl)c2)C1=O. The van der Waals surface area contributed by atoms with Crippen LogP contribution in [0.4, 0.5) is 4.79 Å². The molecule has 1 heterocycles. The zero-order chi connectivity index (χ0) is 22.5. The predicted octanol–water partition coefficient (Wildman–Crippen LogP) is 5.48. The number of imide groups is 1. The summed E-state index contributed by atoms with van der Waals surface area (Å²) in [5.41, 5.74) is 2.65. The van der Waals surface area contributed by atoms with Crippen molar-refractivity contribution in [3.05, 3.63) is 68.0 Å². The maximum Gasteiger partial charge on any atom is 0.326 e. The standard InChI is InChI=1S/C22H19Cl2NO5S/c1-3-29-19(26)11-25-21(27)18(31-22(25)28)10-15-8-16(23)20(17(24)9-15)30-12-14-6-4-13(2)5-7-14/h4-10H,3,11-12H2,1-2H3/b18-10+. The fourth-order valence-electron chi connectivity index (χ4n) is 2.76.